The summed E-state index contributed by atoms with van der Waals surface area (Å²) in [5.41, 5.74) is 1.68. The molecule has 5 heteroatoms. The van der Waals surface area contributed by atoms with Crippen LogP contribution in [0.1, 0.15) is 21.5 Å². The van der Waals surface area contributed by atoms with Crippen molar-refractivity contribution in [1.82, 2.24) is 0 Å². The molecule has 20 heavy (non-hydrogen) atoms. The summed E-state index contributed by atoms with van der Waals surface area (Å²) in [7, 11) is 0. The van der Waals surface area contributed by atoms with E-state index in [0.717, 1.165) is 15.6 Å². The van der Waals surface area contributed by atoms with Gasteiger partial charge in [0.2, 0.25) is 0 Å². The van der Waals surface area contributed by atoms with E-state index in [4.69, 9.17) is 0 Å². The van der Waals surface area contributed by atoms with Crippen molar-refractivity contribution in [3.05, 3.63) is 73.7 Å². The number of halogens is 1. The van der Waals surface area contributed by atoms with E-state index in [2.05, 4.69) is 15.9 Å². The summed E-state index contributed by atoms with van der Waals surface area (Å²) >= 11 is 3.32. The highest BCUT2D eigenvalue weighted by atomic mass is 79.9. The average molecular weight is 334 g/mol. The van der Waals surface area contributed by atoms with E-state index in [-0.39, 0.29) is 23.5 Å². The fraction of sp³-hybridized carbons (Fsp3) is 0.133. The quantitative estimate of drug-likeness (QED) is 0.481. The number of Topliss-reactive ketones (excluding diaryl/α,β-unsaturated/α-hetero) is 1. The number of ketones is 1. The van der Waals surface area contributed by atoms with Gasteiger partial charge in [-0.15, -0.1) is 0 Å². The van der Waals surface area contributed by atoms with Crippen LogP contribution in [0, 0.1) is 17.0 Å². The van der Waals surface area contributed by atoms with Crippen molar-refractivity contribution in [2.75, 3.05) is 0 Å². The molecule has 0 amide bonds. The van der Waals surface area contributed by atoms with Crippen LogP contribution in [0.5, 0.6) is 0 Å². The van der Waals surface area contributed by atoms with Crippen molar-refractivity contribution in [2.24, 2.45) is 0 Å². The highest BCUT2D eigenvalue weighted by molar-refractivity contribution is 9.10. The van der Waals surface area contributed by atoms with Gasteiger partial charge in [0, 0.05) is 17.0 Å². The molecule has 2 aromatic rings. The van der Waals surface area contributed by atoms with Crippen LogP contribution in [-0.4, -0.2) is 10.7 Å². The molecule has 0 saturated carbocycles. The van der Waals surface area contributed by atoms with E-state index in [0.29, 0.717) is 0 Å². The van der Waals surface area contributed by atoms with E-state index in [1.54, 1.807) is 19.1 Å². The molecule has 0 atom stereocenters. The molecule has 0 bridgehead atoms. The van der Waals surface area contributed by atoms with E-state index >= 15 is 0 Å². The zero-order valence-electron chi connectivity index (χ0n) is 10.8. The lowest BCUT2D eigenvalue weighted by Crippen LogP contribution is -2.07. The molecule has 0 fully saturated rings. The minimum absolute atomic E-state index is 0.141. The molecule has 4 nitrogen and oxygen atoms in total. The molecule has 0 spiro atoms. The van der Waals surface area contributed by atoms with Crippen molar-refractivity contribution < 1.29 is 9.72 Å². The Morgan fingerprint density at radius 1 is 1.20 bits per heavy atom. The van der Waals surface area contributed by atoms with Gasteiger partial charge in [-0.1, -0.05) is 34.1 Å². The first-order valence-corrected chi connectivity index (χ1v) is 6.79. The Morgan fingerprint density at radius 2 is 1.85 bits per heavy atom. The van der Waals surface area contributed by atoms with Crippen LogP contribution < -0.4 is 0 Å². The highest BCUT2D eigenvalue weighted by Gasteiger charge is 2.20. The van der Waals surface area contributed by atoms with Crippen molar-refractivity contribution in [3.8, 4) is 0 Å². The van der Waals surface area contributed by atoms with Gasteiger partial charge in [-0.25, -0.2) is 0 Å². The minimum Gasteiger partial charge on any atom is -0.294 e. The van der Waals surface area contributed by atoms with Gasteiger partial charge in [-0.05, 0) is 36.2 Å². The predicted molar refractivity (Wildman–Crippen MR) is 80.0 cm³/mol. The van der Waals surface area contributed by atoms with Crippen LogP contribution in [0.4, 0.5) is 5.69 Å². The van der Waals surface area contributed by atoms with Crippen LogP contribution in [0.15, 0.2) is 46.9 Å². The Kier molecular flexibility index (Phi) is 4.29. The van der Waals surface area contributed by atoms with Gasteiger partial charge < -0.3 is 0 Å². The Hall–Kier alpha value is -2.01. The maximum absolute atomic E-state index is 12.3. The van der Waals surface area contributed by atoms with Gasteiger partial charge in [0.25, 0.3) is 5.69 Å². The van der Waals surface area contributed by atoms with E-state index in [9.17, 15) is 14.9 Å². The van der Waals surface area contributed by atoms with Crippen LogP contribution in [0.25, 0.3) is 0 Å². The molecular weight excluding hydrogens is 322 g/mol. The topological polar surface area (TPSA) is 60.2 Å². The third-order valence-electron chi connectivity index (χ3n) is 2.93. The lowest BCUT2D eigenvalue weighted by Gasteiger charge is -2.04. The molecule has 0 unspecified atom stereocenters. The molecule has 0 aliphatic heterocycles. The smallest absolute Gasteiger partial charge is 0.280 e. The largest absolute Gasteiger partial charge is 0.294 e. The van der Waals surface area contributed by atoms with Crippen molar-refractivity contribution in [3.63, 3.8) is 0 Å². The molecule has 0 saturated heterocycles. The van der Waals surface area contributed by atoms with E-state index in [1.807, 2.05) is 24.3 Å². The lowest BCUT2D eigenvalue weighted by atomic mass is 10.00. The number of hydrogen-bond donors (Lipinski definition) is 0. The minimum atomic E-state index is -0.520. The van der Waals surface area contributed by atoms with Gasteiger partial charge >= 0.3 is 0 Å². The number of nitrogens with zero attached hydrogens (tertiary/aromatic N) is 1. The van der Waals surface area contributed by atoms with Gasteiger partial charge in [0.1, 0.15) is 0 Å². The standard InChI is InChI=1S/C15H12BrNO3/c1-10-2-7-14(17(19)20)13(8-10)15(18)9-11-3-5-12(16)6-4-11/h2-8H,9H2,1H3. The Morgan fingerprint density at radius 3 is 2.45 bits per heavy atom. The monoisotopic (exact) mass is 333 g/mol. The fourth-order valence-corrected chi connectivity index (χ4v) is 2.18. The number of rotatable bonds is 4. The van der Waals surface area contributed by atoms with Gasteiger partial charge in [-0.3, -0.25) is 14.9 Å². The first-order valence-electron chi connectivity index (χ1n) is 6.00. The Balaban J connectivity index is 2.31. The number of carbonyl (C=O) groups excluding carboxylic acids is 1. The summed E-state index contributed by atoms with van der Waals surface area (Å²) in [6.45, 7) is 1.81. The van der Waals surface area contributed by atoms with Gasteiger partial charge in [0.15, 0.2) is 5.78 Å². The third-order valence-corrected chi connectivity index (χ3v) is 3.46. The molecule has 102 valence electrons. The summed E-state index contributed by atoms with van der Waals surface area (Å²) < 4.78 is 0.926. The lowest BCUT2D eigenvalue weighted by molar-refractivity contribution is -0.385. The summed E-state index contributed by atoms with van der Waals surface area (Å²) in [6, 6.07) is 11.9. The Labute approximate surface area is 124 Å². The number of carbonyl (C=O) groups is 1. The number of nitro groups is 1. The molecule has 2 rings (SSSR count). The van der Waals surface area contributed by atoms with E-state index < -0.39 is 4.92 Å². The number of nitro benzene ring substituents is 1. The number of benzene rings is 2. The van der Waals surface area contributed by atoms with Crippen molar-refractivity contribution in [2.45, 2.75) is 13.3 Å². The second-order valence-corrected chi connectivity index (χ2v) is 5.42. The normalized spacial score (nSPS) is 10.3. The van der Waals surface area contributed by atoms with E-state index in [1.165, 1.54) is 6.07 Å². The zero-order chi connectivity index (χ0) is 14.7. The molecule has 0 N–H and O–H groups in total. The number of aryl methyl sites for hydroxylation is 1. The average Bonchev–Trinajstić information content (AvgIpc) is 2.41. The number of hydrogen-bond acceptors (Lipinski definition) is 3. The molecule has 2 aromatic carbocycles. The third kappa shape index (κ3) is 3.30. The Bertz CT molecular complexity index is 665. The molecule has 0 radical (unpaired) electrons. The van der Waals surface area contributed by atoms with Gasteiger partial charge in [0.05, 0.1) is 10.5 Å². The summed E-state index contributed by atoms with van der Waals surface area (Å²) in [4.78, 5) is 22.7. The fourth-order valence-electron chi connectivity index (χ4n) is 1.92. The summed E-state index contributed by atoms with van der Waals surface area (Å²) in [5, 5.41) is 11.0. The second-order valence-electron chi connectivity index (χ2n) is 4.50. The SMILES string of the molecule is Cc1ccc([N+](=O)[O-])c(C(=O)Cc2ccc(Br)cc2)c1. The second kappa shape index (κ2) is 5.96. The molecule has 0 aliphatic rings. The van der Waals surface area contributed by atoms with Crippen LogP contribution in [0.2, 0.25) is 0 Å². The molecular formula is C15H12BrNO3. The van der Waals surface area contributed by atoms with Crippen LogP contribution >= 0.6 is 15.9 Å². The first-order chi connectivity index (χ1) is 9.47. The maximum Gasteiger partial charge on any atom is 0.280 e. The molecule has 0 heterocycles. The highest BCUT2D eigenvalue weighted by Crippen LogP contribution is 2.22. The van der Waals surface area contributed by atoms with Crippen LogP contribution in [0.3, 0.4) is 0 Å². The summed E-state index contributed by atoms with van der Waals surface area (Å²) in [6.07, 6.45) is 0.150. The zero-order valence-corrected chi connectivity index (χ0v) is 12.4. The van der Waals surface area contributed by atoms with Crippen molar-refractivity contribution >= 4 is 27.4 Å². The molecule has 0 aromatic heterocycles. The maximum atomic E-state index is 12.3. The first kappa shape index (κ1) is 14.4. The van der Waals surface area contributed by atoms with Crippen molar-refractivity contribution in [1.29, 1.82) is 0 Å². The molecule has 0 aliphatic carbocycles. The predicted octanol–water partition coefficient (Wildman–Crippen LogP) is 4.09. The van der Waals surface area contributed by atoms with Crippen LogP contribution in [-0.2, 0) is 6.42 Å². The summed E-state index contributed by atoms with van der Waals surface area (Å²) in [5.74, 6) is -0.247. The van der Waals surface area contributed by atoms with Gasteiger partial charge in [-0.2, -0.15) is 0 Å².